The monoisotopic (exact) mass is 247 g/mol. The van der Waals surface area contributed by atoms with Crippen LogP contribution >= 0.6 is 11.5 Å². The first kappa shape index (κ1) is 11.2. The summed E-state index contributed by atoms with van der Waals surface area (Å²) in [4.78, 5) is 0. The Labute approximate surface area is 102 Å². The van der Waals surface area contributed by atoms with E-state index >= 15 is 0 Å². The van der Waals surface area contributed by atoms with Crippen LogP contribution in [-0.4, -0.2) is 16.6 Å². The van der Waals surface area contributed by atoms with E-state index in [9.17, 15) is 5.11 Å². The van der Waals surface area contributed by atoms with Crippen molar-refractivity contribution in [2.75, 3.05) is 12.4 Å². The summed E-state index contributed by atoms with van der Waals surface area (Å²) in [7, 11) is 1.59. The molecule has 0 saturated heterocycles. The largest absolute Gasteiger partial charge is 0.497 e. The number of hydrogen-bond donors (Lipinski definition) is 2. The van der Waals surface area contributed by atoms with Crippen LogP contribution in [0.1, 0.15) is 5.56 Å². The van der Waals surface area contributed by atoms with Crippen LogP contribution in [-0.2, 0) is 0 Å². The molecule has 2 N–H and O–H groups in total. The number of anilines is 2. The van der Waals surface area contributed by atoms with E-state index < -0.39 is 0 Å². The van der Waals surface area contributed by atoms with Crippen molar-refractivity contribution < 1.29 is 9.84 Å². The van der Waals surface area contributed by atoms with Crippen molar-refractivity contribution in [1.82, 2.24) is 4.37 Å². The molecule has 1 heterocycles. The van der Waals surface area contributed by atoms with Gasteiger partial charge in [-0.15, -0.1) is 0 Å². The van der Waals surface area contributed by atoms with Gasteiger partial charge >= 0.3 is 0 Å². The van der Waals surface area contributed by atoms with Crippen molar-refractivity contribution >= 4 is 22.2 Å². The van der Waals surface area contributed by atoms with Gasteiger partial charge in [0.1, 0.15) is 16.8 Å². The highest BCUT2D eigenvalue weighted by Crippen LogP contribution is 2.31. The Kier molecular flexibility index (Phi) is 3.12. The second kappa shape index (κ2) is 4.72. The van der Waals surface area contributed by atoms with Crippen molar-refractivity contribution in [3.8, 4) is 17.7 Å². The number of aromatic nitrogens is 1. The first-order valence-corrected chi connectivity index (χ1v) is 5.51. The van der Waals surface area contributed by atoms with Crippen molar-refractivity contribution in [3.63, 3.8) is 0 Å². The maximum atomic E-state index is 9.31. The maximum absolute atomic E-state index is 9.31. The van der Waals surface area contributed by atoms with Gasteiger partial charge in [-0.2, -0.15) is 9.64 Å². The zero-order chi connectivity index (χ0) is 12.3. The van der Waals surface area contributed by atoms with E-state index in [0.29, 0.717) is 5.00 Å². The fourth-order valence-electron chi connectivity index (χ4n) is 1.27. The van der Waals surface area contributed by atoms with E-state index in [4.69, 9.17) is 10.00 Å². The number of rotatable bonds is 3. The summed E-state index contributed by atoms with van der Waals surface area (Å²) in [5, 5.41) is 21.7. The van der Waals surface area contributed by atoms with Crippen LogP contribution < -0.4 is 10.1 Å². The molecule has 6 heteroatoms. The minimum absolute atomic E-state index is 0.158. The van der Waals surface area contributed by atoms with Crippen LogP contribution in [0, 0.1) is 11.3 Å². The highest BCUT2D eigenvalue weighted by molar-refractivity contribution is 7.10. The average Bonchev–Trinajstić information content (AvgIpc) is 2.71. The SMILES string of the molecule is COc1ccc(Nc2snc(O)c2C#N)cc1. The molecule has 1 aromatic heterocycles. The Morgan fingerprint density at radius 1 is 1.41 bits per heavy atom. The van der Waals surface area contributed by atoms with Gasteiger partial charge in [0.2, 0.25) is 5.88 Å². The van der Waals surface area contributed by atoms with Gasteiger partial charge in [0.15, 0.2) is 5.56 Å². The lowest BCUT2D eigenvalue weighted by Gasteiger charge is -2.04. The topological polar surface area (TPSA) is 78.2 Å². The summed E-state index contributed by atoms with van der Waals surface area (Å²) in [5.74, 6) is 0.511. The summed E-state index contributed by atoms with van der Waals surface area (Å²) in [5.41, 5.74) is 0.955. The molecule has 0 radical (unpaired) electrons. The van der Waals surface area contributed by atoms with Crippen LogP contribution in [0.3, 0.4) is 0 Å². The van der Waals surface area contributed by atoms with Gasteiger partial charge in [-0.3, -0.25) is 0 Å². The molecule has 0 fully saturated rings. The minimum atomic E-state index is -0.242. The van der Waals surface area contributed by atoms with Crippen LogP contribution in [0.25, 0.3) is 0 Å². The predicted molar refractivity (Wildman–Crippen MR) is 64.8 cm³/mol. The molecule has 0 spiro atoms. The molecule has 0 bridgehead atoms. The van der Waals surface area contributed by atoms with Crippen LogP contribution in [0.4, 0.5) is 10.7 Å². The number of nitriles is 1. The van der Waals surface area contributed by atoms with Crippen molar-refractivity contribution in [2.45, 2.75) is 0 Å². The zero-order valence-electron chi connectivity index (χ0n) is 8.97. The molecule has 86 valence electrons. The number of benzene rings is 1. The minimum Gasteiger partial charge on any atom is -0.497 e. The van der Waals surface area contributed by atoms with E-state index in [2.05, 4.69) is 9.69 Å². The van der Waals surface area contributed by atoms with Gasteiger partial charge in [-0.05, 0) is 35.8 Å². The Hall–Kier alpha value is -2.26. The first-order chi connectivity index (χ1) is 8.24. The standard InChI is InChI=1S/C11H9N3O2S/c1-16-8-4-2-7(3-5-8)13-11-9(6-12)10(15)14-17-11/h2-5,13H,1H3,(H,14,15). The lowest BCUT2D eigenvalue weighted by molar-refractivity contribution is 0.415. The zero-order valence-corrected chi connectivity index (χ0v) is 9.78. The van der Waals surface area contributed by atoms with E-state index in [1.54, 1.807) is 19.2 Å². The molecule has 2 rings (SSSR count). The van der Waals surface area contributed by atoms with E-state index in [-0.39, 0.29) is 11.4 Å². The van der Waals surface area contributed by atoms with Gasteiger partial charge in [0, 0.05) is 5.69 Å². The van der Waals surface area contributed by atoms with Gasteiger partial charge in [0.05, 0.1) is 7.11 Å². The molecule has 1 aromatic carbocycles. The van der Waals surface area contributed by atoms with E-state index in [1.165, 1.54) is 0 Å². The van der Waals surface area contributed by atoms with E-state index in [1.807, 2.05) is 18.2 Å². The molecular formula is C11H9N3O2S. The predicted octanol–water partition coefficient (Wildman–Crippen LogP) is 2.47. The maximum Gasteiger partial charge on any atom is 0.243 e. The Morgan fingerprint density at radius 2 is 2.12 bits per heavy atom. The second-order valence-electron chi connectivity index (χ2n) is 3.18. The van der Waals surface area contributed by atoms with Gasteiger partial charge in [0.25, 0.3) is 0 Å². The molecule has 0 unspecified atom stereocenters. The third-order valence-corrected chi connectivity index (χ3v) is 2.89. The second-order valence-corrected chi connectivity index (χ2v) is 3.95. The first-order valence-electron chi connectivity index (χ1n) is 4.74. The molecule has 0 saturated carbocycles. The Bertz CT molecular complexity index is 557. The smallest absolute Gasteiger partial charge is 0.243 e. The molecule has 0 aliphatic carbocycles. The highest BCUT2D eigenvalue weighted by Gasteiger charge is 2.12. The van der Waals surface area contributed by atoms with E-state index in [0.717, 1.165) is 23.0 Å². The lowest BCUT2D eigenvalue weighted by atomic mass is 10.3. The number of nitrogens with zero attached hydrogens (tertiary/aromatic N) is 2. The van der Waals surface area contributed by atoms with Crippen molar-refractivity contribution in [3.05, 3.63) is 29.8 Å². The lowest BCUT2D eigenvalue weighted by Crippen LogP contribution is -1.90. The average molecular weight is 247 g/mol. The van der Waals surface area contributed by atoms with Crippen molar-refractivity contribution in [2.24, 2.45) is 0 Å². The summed E-state index contributed by atoms with van der Waals surface area (Å²) in [6.07, 6.45) is 0. The summed E-state index contributed by atoms with van der Waals surface area (Å²) < 4.78 is 8.74. The fraction of sp³-hybridized carbons (Fsp3) is 0.0909. The van der Waals surface area contributed by atoms with Crippen LogP contribution in [0.2, 0.25) is 0 Å². The molecule has 0 aliphatic rings. The van der Waals surface area contributed by atoms with Gasteiger partial charge in [-0.25, -0.2) is 0 Å². The molecule has 0 amide bonds. The summed E-state index contributed by atoms with van der Waals surface area (Å²) in [6.45, 7) is 0. The summed E-state index contributed by atoms with van der Waals surface area (Å²) >= 11 is 1.04. The molecule has 0 atom stereocenters. The molecule has 0 aliphatic heterocycles. The molecule has 2 aromatic rings. The number of aromatic hydroxyl groups is 1. The molecular weight excluding hydrogens is 238 g/mol. The normalized spacial score (nSPS) is 9.65. The number of nitrogens with one attached hydrogen (secondary N) is 1. The third kappa shape index (κ3) is 2.29. The molecule has 5 nitrogen and oxygen atoms in total. The number of ether oxygens (including phenoxy) is 1. The summed E-state index contributed by atoms with van der Waals surface area (Å²) in [6, 6.07) is 9.13. The third-order valence-electron chi connectivity index (χ3n) is 2.13. The Balaban J connectivity index is 2.23. The Morgan fingerprint density at radius 3 is 2.71 bits per heavy atom. The van der Waals surface area contributed by atoms with Crippen LogP contribution in [0.5, 0.6) is 11.6 Å². The number of methoxy groups -OCH3 is 1. The molecule has 17 heavy (non-hydrogen) atoms. The van der Waals surface area contributed by atoms with Crippen LogP contribution in [0.15, 0.2) is 24.3 Å². The van der Waals surface area contributed by atoms with Gasteiger partial charge in [-0.1, -0.05) is 0 Å². The fourth-order valence-corrected chi connectivity index (χ4v) is 1.93. The van der Waals surface area contributed by atoms with Crippen molar-refractivity contribution in [1.29, 1.82) is 5.26 Å². The van der Waals surface area contributed by atoms with Gasteiger partial charge < -0.3 is 15.2 Å². The quantitative estimate of drug-likeness (QED) is 0.871. The highest BCUT2D eigenvalue weighted by atomic mass is 32.1. The number of hydrogen-bond acceptors (Lipinski definition) is 6.